The molecule has 0 aliphatic heterocycles. The van der Waals surface area contributed by atoms with Gasteiger partial charge in [0.2, 0.25) is 0 Å². The predicted octanol–water partition coefficient (Wildman–Crippen LogP) is 4.14. The minimum atomic E-state index is 0.491. The molecule has 4 heteroatoms. The highest BCUT2D eigenvalue weighted by molar-refractivity contribution is 5.72. The summed E-state index contributed by atoms with van der Waals surface area (Å²) in [6.07, 6.45) is 11.7. The molecule has 0 saturated heterocycles. The Morgan fingerprint density at radius 1 is 1.17 bits per heavy atom. The third kappa shape index (κ3) is 7.86. The van der Waals surface area contributed by atoms with E-state index in [1.54, 1.807) is 6.21 Å². The van der Waals surface area contributed by atoms with Gasteiger partial charge < -0.3 is 15.1 Å². The maximum Gasteiger partial charge on any atom is 0.107 e. The summed E-state index contributed by atoms with van der Waals surface area (Å²) in [6.45, 7) is 12.2. The quantitative estimate of drug-likeness (QED) is 0.509. The lowest BCUT2D eigenvalue weighted by atomic mass is 10.1. The van der Waals surface area contributed by atoms with Crippen LogP contribution < -0.4 is 5.32 Å². The van der Waals surface area contributed by atoms with Gasteiger partial charge in [-0.25, -0.2) is 0 Å². The molecule has 0 spiro atoms. The van der Waals surface area contributed by atoms with Gasteiger partial charge in [-0.05, 0) is 43.6 Å². The van der Waals surface area contributed by atoms with Crippen LogP contribution in [0, 0.1) is 5.92 Å². The molecule has 134 valence electrons. The number of aliphatic imine (C=N–C) groups is 1. The summed E-state index contributed by atoms with van der Waals surface area (Å²) in [4.78, 5) is 8.27. The molecule has 0 aliphatic carbocycles. The van der Waals surface area contributed by atoms with Crippen molar-refractivity contribution in [2.24, 2.45) is 10.9 Å². The van der Waals surface area contributed by atoms with Crippen molar-refractivity contribution in [1.29, 1.82) is 0 Å². The van der Waals surface area contributed by atoms with E-state index in [0.717, 1.165) is 11.5 Å². The van der Waals surface area contributed by atoms with Gasteiger partial charge in [0.1, 0.15) is 5.82 Å². The van der Waals surface area contributed by atoms with Crippen LogP contribution in [0.5, 0.6) is 0 Å². The molecule has 0 amide bonds. The molecule has 0 aromatic rings. The van der Waals surface area contributed by atoms with Crippen molar-refractivity contribution in [2.75, 3.05) is 28.2 Å². The highest BCUT2D eigenvalue weighted by Crippen LogP contribution is 2.16. The Balaban J connectivity index is 5.86. The number of nitrogens with zero attached hydrogens (tertiary/aromatic N) is 3. The van der Waals surface area contributed by atoms with E-state index in [9.17, 15) is 0 Å². The minimum absolute atomic E-state index is 0.491. The number of likely N-dealkylation sites (N-methyl/N-ethyl adjacent to an activating group) is 1. The van der Waals surface area contributed by atoms with E-state index in [0.29, 0.717) is 5.92 Å². The van der Waals surface area contributed by atoms with Crippen molar-refractivity contribution in [3.8, 4) is 0 Å². The molecule has 0 fully saturated rings. The highest BCUT2D eigenvalue weighted by Gasteiger charge is 2.07. The molecule has 24 heavy (non-hydrogen) atoms. The van der Waals surface area contributed by atoms with Crippen molar-refractivity contribution in [3.63, 3.8) is 0 Å². The SMILES string of the molecule is C=CN=C/C=C(\NC)N(C)C(/C=C\C(C)C)=C/C(C)=C(\C)N(C)C. The molecular formula is C20H34N4. The van der Waals surface area contributed by atoms with E-state index in [4.69, 9.17) is 0 Å². The second-order valence-electron chi connectivity index (χ2n) is 6.18. The molecule has 1 N–H and O–H groups in total. The standard InChI is InChI=1S/C20H34N4/c1-10-22-14-13-20(21-6)24(9)19(12-11-16(2)3)15-17(4)18(5)23(7)8/h10-16,21H,1H2,2-9H3/b12-11-,18-17+,19-15+,20-13+,22-14?. The van der Waals surface area contributed by atoms with Crippen molar-refractivity contribution in [1.82, 2.24) is 15.1 Å². The first kappa shape index (κ1) is 21.8. The summed E-state index contributed by atoms with van der Waals surface area (Å²) in [5, 5.41) is 3.21. The van der Waals surface area contributed by atoms with Gasteiger partial charge in [0.25, 0.3) is 0 Å². The summed E-state index contributed by atoms with van der Waals surface area (Å²) >= 11 is 0. The summed E-state index contributed by atoms with van der Waals surface area (Å²) in [5.41, 5.74) is 3.57. The summed E-state index contributed by atoms with van der Waals surface area (Å²) in [6, 6.07) is 0. The van der Waals surface area contributed by atoms with Crippen LogP contribution in [-0.2, 0) is 0 Å². The monoisotopic (exact) mass is 330 g/mol. The van der Waals surface area contributed by atoms with E-state index in [2.05, 4.69) is 86.7 Å². The van der Waals surface area contributed by atoms with E-state index < -0.39 is 0 Å². The molecule has 0 saturated carbocycles. The van der Waals surface area contributed by atoms with Gasteiger partial charge in [-0.3, -0.25) is 4.99 Å². The Hall–Kier alpha value is -2.23. The van der Waals surface area contributed by atoms with Crippen molar-refractivity contribution >= 4 is 6.21 Å². The lowest BCUT2D eigenvalue weighted by Gasteiger charge is -2.24. The lowest BCUT2D eigenvalue weighted by Crippen LogP contribution is -2.25. The van der Waals surface area contributed by atoms with Gasteiger partial charge >= 0.3 is 0 Å². The maximum absolute atomic E-state index is 4.03. The van der Waals surface area contributed by atoms with Gasteiger partial charge in [0.15, 0.2) is 0 Å². The molecule has 0 aromatic carbocycles. The molecule has 0 rings (SSSR count). The Labute approximate surface area is 148 Å². The maximum atomic E-state index is 4.03. The zero-order chi connectivity index (χ0) is 18.7. The first-order chi connectivity index (χ1) is 11.2. The number of nitrogens with one attached hydrogen (secondary N) is 1. The Morgan fingerprint density at radius 2 is 1.79 bits per heavy atom. The van der Waals surface area contributed by atoms with Crippen LogP contribution in [0.1, 0.15) is 27.7 Å². The number of hydrogen-bond acceptors (Lipinski definition) is 4. The van der Waals surface area contributed by atoms with Crippen LogP contribution in [0.2, 0.25) is 0 Å². The van der Waals surface area contributed by atoms with Gasteiger partial charge in [0, 0.05) is 52.0 Å². The van der Waals surface area contributed by atoms with Gasteiger partial charge in [-0.15, -0.1) is 0 Å². The summed E-state index contributed by atoms with van der Waals surface area (Å²) in [5.74, 6) is 1.45. The Kier molecular flexibility index (Phi) is 10.3. The molecule has 4 nitrogen and oxygen atoms in total. The van der Waals surface area contributed by atoms with Gasteiger partial charge in [-0.2, -0.15) is 0 Å². The van der Waals surface area contributed by atoms with Crippen molar-refractivity contribution in [2.45, 2.75) is 27.7 Å². The molecule has 0 atom stereocenters. The molecule has 0 heterocycles. The number of rotatable bonds is 9. The van der Waals surface area contributed by atoms with Crippen LogP contribution in [0.3, 0.4) is 0 Å². The van der Waals surface area contributed by atoms with E-state index in [1.165, 1.54) is 17.5 Å². The van der Waals surface area contributed by atoms with Crippen LogP contribution in [0.15, 0.2) is 64.9 Å². The Bertz CT molecular complexity index is 546. The van der Waals surface area contributed by atoms with Gasteiger partial charge in [0.05, 0.1) is 0 Å². The second kappa shape index (κ2) is 11.3. The topological polar surface area (TPSA) is 30.9 Å². The van der Waals surface area contributed by atoms with Gasteiger partial charge in [-0.1, -0.05) is 26.5 Å². The molecular weight excluding hydrogens is 296 g/mol. The average Bonchev–Trinajstić information content (AvgIpc) is 2.53. The van der Waals surface area contributed by atoms with Crippen molar-refractivity contribution in [3.05, 3.63) is 59.9 Å². The second-order valence-corrected chi connectivity index (χ2v) is 6.18. The summed E-state index contributed by atoms with van der Waals surface area (Å²) in [7, 11) is 8.07. The van der Waals surface area contributed by atoms with E-state index in [1.807, 2.05) is 20.2 Å². The third-order valence-corrected chi connectivity index (χ3v) is 3.69. The highest BCUT2D eigenvalue weighted by atomic mass is 15.2. The van der Waals surface area contributed by atoms with E-state index in [-0.39, 0.29) is 0 Å². The zero-order valence-electron chi connectivity index (χ0n) is 16.6. The zero-order valence-corrected chi connectivity index (χ0v) is 16.6. The first-order valence-electron chi connectivity index (χ1n) is 8.25. The van der Waals surface area contributed by atoms with Crippen molar-refractivity contribution < 1.29 is 0 Å². The molecule has 0 radical (unpaired) electrons. The average molecular weight is 331 g/mol. The Morgan fingerprint density at radius 3 is 2.25 bits per heavy atom. The van der Waals surface area contributed by atoms with Crippen LogP contribution >= 0.6 is 0 Å². The predicted molar refractivity (Wildman–Crippen MR) is 108 cm³/mol. The largest absolute Gasteiger partial charge is 0.381 e. The first-order valence-corrected chi connectivity index (χ1v) is 8.25. The fourth-order valence-corrected chi connectivity index (χ4v) is 1.90. The third-order valence-electron chi connectivity index (χ3n) is 3.69. The lowest BCUT2D eigenvalue weighted by molar-refractivity contribution is 0.493. The minimum Gasteiger partial charge on any atom is -0.381 e. The molecule has 0 unspecified atom stereocenters. The fourth-order valence-electron chi connectivity index (χ4n) is 1.90. The fraction of sp³-hybridized carbons (Fsp3) is 0.450. The molecule has 0 aliphatic rings. The number of hydrogen-bond donors (Lipinski definition) is 1. The molecule has 0 bridgehead atoms. The summed E-state index contributed by atoms with van der Waals surface area (Å²) < 4.78 is 0. The normalized spacial score (nSPS) is 14.4. The number of allylic oxidation sites excluding steroid dienone is 6. The van der Waals surface area contributed by atoms with Crippen LogP contribution in [-0.4, -0.2) is 44.2 Å². The van der Waals surface area contributed by atoms with Crippen LogP contribution in [0.4, 0.5) is 0 Å². The molecule has 0 aromatic heterocycles. The van der Waals surface area contributed by atoms with E-state index >= 15 is 0 Å². The van der Waals surface area contributed by atoms with Crippen LogP contribution in [0.25, 0.3) is 0 Å². The smallest absolute Gasteiger partial charge is 0.107 e.